The summed E-state index contributed by atoms with van der Waals surface area (Å²) in [4.78, 5) is 7.65. The van der Waals surface area contributed by atoms with Crippen LogP contribution in [0.15, 0.2) is 36.8 Å². The third-order valence-electron chi connectivity index (χ3n) is 2.41. The zero-order valence-corrected chi connectivity index (χ0v) is 10.3. The number of halogens is 4. The first-order valence-electron chi connectivity index (χ1n) is 5.32. The summed E-state index contributed by atoms with van der Waals surface area (Å²) in [5.74, 6) is 0.441. The van der Waals surface area contributed by atoms with Gasteiger partial charge in [-0.15, -0.1) is 0 Å². The van der Waals surface area contributed by atoms with Crippen molar-refractivity contribution in [3.8, 4) is 0 Å². The second kappa shape index (κ2) is 5.44. The molecule has 0 unspecified atom stereocenters. The molecule has 0 aliphatic rings. The molecule has 0 amide bonds. The molecular formula is C12H9ClF3N3. The van der Waals surface area contributed by atoms with E-state index < -0.39 is 11.7 Å². The van der Waals surface area contributed by atoms with Crippen molar-refractivity contribution in [2.75, 3.05) is 5.32 Å². The monoisotopic (exact) mass is 287 g/mol. The van der Waals surface area contributed by atoms with Crippen molar-refractivity contribution >= 4 is 17.4 Å². The highest BCUT2D eigenvalue weighted by molar-refractivity contribution is 6.32. The summed E-state index contributed by atoms with van der Waals surface area (Å²) >= 11 is 5.84. The van der Waals surface area contributed by atoms with E-state index in [1.54, 1.807) is 0 Å². The standard InChI is InChI=1S/C12H9ClF3N3/c13-10-6-17-7-19-11(10)18-5-8-1-3-9(4-2-8)12(14,15)16/h1-4,6-7H,5H2,(H,17,18,19). The molecule has 0 radical (unpaired) electrons. The van der Waals surface area contributed by atoms with Crippen LogP contribution >= 0.6 is 11.6 Å². The summed E-state index contributed by atoms with van der Waals surface area (Å²) in [6.07, 6.45) is -1.55. The van der Waals surface area contributed by atoms with E-state index in [1.807, 2.05) is 0 Å². The van der Waals surface area contributed by atoms with Gasteiger partial charge in [-0.1, -0.05) is 23.7 Å². The van der Waals surface area contributed by atoms with E-state index in [0.29, 0.717) is 22.9 Å². The maximum atomic E-state index is 12.4. The van der Waals surface area contributed by atoms with E-state index >= 15 is 0 Å². The van der Waals surface area contributed by atoms with Crippen molar-refractivity contribution < 1.29 is 13.2 Å². The van der Waals surface area contributed by atoms with Crippen LogP contribution < -0.4 is 5.32 Å². The van der Waals surface area contributed by atoms with Gasteiger partial charge in [-0.05, 0) is 17.7 Å². The van der Waals surface area contributed by atoms with Crippen molar-refractivity contribution in [2.24, 2.45) is 0 Å². The van der Waals surface area contributed by atoms with Crippen LogP contribution in [-0.2, 0) is 12.7 Å². The number of alkyl halides is 3. The quantitative estimate of drug-likeness (QED) is 0.934. The van der Waals surface area contributed by atoms with Gasteiger partial charge < -0.3 is 5.32 Å². The second-order valence-electron chi connectivity index (χ2n) is 3.77. The minimum Gasteiger partial charge on any atom is -0.365 e. The molecule has 1 heterocycles. The lowest BCUT2D eigenvalue weighted by molar-refractivity contribution is -0.137. The van der Waals surface area contributed by atoms with Gasteiger partial charge in [0.2, 0.25) is 0 Å². The summed E-state index contributed by atoms with van der Waals surface area (Å²) < 4.78 is 37.1. The smallest absolute Gasteiger partial charge is 0.365 e. The number of hydrogen-bond donors (Lipinski definition) is 1. The lowest BCUT2D eigenvalue weighted by atomic mass is 10.1. The average molecular weight is 288 g/mol. The highest BCUT2D eigenvalue weighted by atomic mass is 35.5. The molecule has 1 N–H and O–H groups in total. The topological polar surface area (TPSA) is 37.8 Å². The fourth-order valence-electron chi connectivity index (χ4n) is 1.44. The van der Waals surface area contributed by atoms with Crippen molar-refractivity contribution in [1.29, 1.82) is 0 Å². The van der Waals surface area contributed by atoms with E-state index in [0.717, 1.165) is 12.1 Å². The third-order valence-corrected chi connectivity index (χ3v) is 2.69. The Hall–Kier alpha value is -1.82. The average Bonchev–Trinajstić information content (AvgIpc) is 2.37. The highest BCUT2D eigenvalue weighted by Crippen LogP contribution is 2.29. The van der Waals surface area contributed by atoms with E-state index in [4.69, 9.17) is 11.6 Å². The van der Waals surface area contributed by atoms with Crippen LogP contribution in [0.25, 0.3) is 0 Å². The van der Waals surface area contributed by atoms with Gasteiger partial charge in [0.15, 0.2) is 0 Å². The Bertz CT molecular complexity index is 555. The highest BCUT2D eigenvalue weighted by Gasteiger charge is 2.29. The van der Waals surface area contributed by atoms with Crippen LogP contribution in [0.5, 0.6) is 0 Å². The molecule has 0 bridgehead atoms. The number of anilines is 1. The van der Waals surface area contributed by atoms with Crippen LogP contribution in [0, 0.1) is 0 Å². The van der Waals surface area contributed by atoms with Gasteiger partial charge in [0.1, 0.15) is 17.2 Å². The van der Waals surface area contributed by atoms with Crippen LogP contribution in [0.1, 0.15) is 11.1 Å². The molecule has 7 heteroatoms. The molecule has 0 atom stereocenters. The number of nitrogens with zero attached hydrogens (tertiary/aromatic N) is 2. The SMILES string of the molecule is FC(F)(F)c1ccc(CNc2ncncc2Cl)cc1. The molecule has 100 valence electrons. The lowest BCUT2D eigenvalue weighted by Gasteiger charge is -2.09. The van der Waals surface area contributed by atoms with Gasteiger partial charge in [0.05, 0.1) is 11.8 Å². The molecule has 1 aromatic heterocycles. The van der Waals surface area contributed by atoms with Crippen LogP contribution in [0.2, 0.25) is 5.02 Å². The number of hydrogen-bond acceptors (Lipinski definition) is 3. The Morgan fingerprint density at radius 1 is 1.16 bits per heavy atom. The number of benzene rings is 1. The summed E-state index contributed by atoms with van der Waals surface area (Å²) in [6, 6.07) is 4.90. The van der Waals surface area contributed by atoms with Gasteiger partial charge in [0.25, 0.3) is 0 Å². The summed E-state index contributed by atoms with van der Waals surface area (Å²) in [5.41, 5.74) is 0.0268. The molecule has 0 aliphatic heterocycles. The van der Waals surface area contributed by atoms with Crippen LogP contribution in [0.4, 0.5) is 19.0 Å². The van der Waals surface area contributed by atoms with Gasteiger partial charge in [-0.2, -0.15) is 13.2 Å². The summed E-state index contributed by atoms with van der Waals surface area (Å²) in [5, 5.41) is 3.28. The molecule has 0 aliphatic carbocycles. The van der Waals surface area contributed by atoms with Crippen molar-refractivity contribution in [3.05, 3.63) is 52.9 Å². The number of nitrogens with one attached hydrogen (secondary N) is 1. The van der Waals surface area contributed by atoms with E-state index in [-0.39, 0.29) is 0 Å². The number of aromatic nitrogens is 2. The molecule has 0 saturated heterocycles. The maximum absolute atomic E-state index is 12.4. The minimum atomic E-state index is -4.32. The van der Waals surface area contributed by atoms with Crippen LogP contribution in [-0.4, -0.2) is 9.97 Å². The molecule has 3 nitrogen and oxygen atoms in total. The predicted molar refractivity (Wildman–Crippen MR) is 65.8 cm³/mol. The molecule has 0 spiro atoms. The lowest BCUT2D eigenvalue weighted by Crippen LogP contribution is -2.06. The van der Waals surface area contributed by atoms with Crippen molar-refractivity contribution in [1.82, 2.24) is 9.97 Å². The first kappa shape index (κ1) is 13.6. The Morgan fingerprint density at radius 3 is 2.42 bits per heavy atom. The molecule has 2 rings (SSSR count). The van der Waals surface area contributed by atoms with Crippen molar-refractivity contribution in [2.45, 2.75) is 12.7 Å². The van der Waals surface area contributed by atoms with Gasteiger partial charge in [0, 0.05) is 6.54 Å². The van der Waals surface area contributed by atoms with Gasteiger partial charge in [-0.3, -0.25) is 0 Å². The largest absolute Gasteiger partial charge is 0.416 e. The zero-order chi connectivity index (χ0) is 13.9. The first-order valence-corrected chi connectivity index (χ1v) is 5.70. The zero-order valence-electron chi connectivity index (χ0n) is 9.58. The minimum absolute atomic E-state index is 0.328. The van der Waals surface area contributed by atoms with Gasteiger partial charge in [-0.25, -0.2) is 9.97 Å². The molecule has 2 aromatic rings. The fourth-order valence-corrected chi connectivity index (χ4v) is 1.61. The molecule has 0 saturated carbocycles. The van der Waals surface area contributed by atoms with Crippen LogP contribution in [0.3, 0.4) is 0 Å². The summed E-state index contributed by atoms with van der Waals surface area (Å²) in [7, 11) is 0. The Morgan fingerprint density at radius 2 is 1.84 bits per heavy atom. The van der Waals surface area contributed by atoms with Crippen molar-refractivity contribution in [3.63, 3.8) is 0 Å². The second-order valence-corrected chi connectivity index (χ2v) is 4.17. The molecule has 1 aromatic carbocycles. The Kier molecular flexibility index (Phi) is 3.90. The van der Waals surface area contributed by atoms with E-state index in [1.165, 1.54) is 24.7 Å². The van der Waals surface area contributed by atoms with Gasteiger partial charge >= 0.3 is 6.18 Å². The summed E-state index contributed by atoms with van der Waals surface area (Å²) in [6.45, 7) is 0.328. The first-order chi connectivity index (χ1) is 8.97. The third kappa shape index (κ3) is 3.57. The normalized spacial score (nSPS) is 11.4. The Balaban J connectivity index is 2.03. The fraction of sp³-hybridized carbons (Fsp3) is 0.167. The molecule has 19 heavy (non-hydrogen) atoms. The van der Waals surface area contributed by atoms with E-state index in [9.17, 15) is 13.2 Å². The molecular weight excluding hydrogens is 279 g/mol. The number of rotatable bonds is 3. The Labute approximate surface area is 112 Å². The maximum Gasteiger partial charge on any atom is 0.416 e. The van der Waals surface area contributed by atoms with E-state index in [2.05, 4.69) is 15.3 Å². The molecule has 0 fully saturated rings. The predicted octanol–water partition coefficient (Wildman–Crippen LogP) is 3.76.